The first kappa shape index (κ1) is 21.4. The number of likely N-dealkylation sites (tertiary alicyclic amines) is 1. The highest BCUT2D eigenvalue weighted by Crippen LogP contribution is 2.22. The van der Waals surface area contributed by atoms with Crippen molar-refractivity contribution >= 4 is 5.91 Å². The molecule has 0 atom stereocenters. The van der Waals surface area contributed by atoms with Gasteiger partial charge in [-0.05, 0) is 75.4 Å². The molecule has 0 spiro atoms. The molecule has 5 heteroatoms. The molecule has 1 aromatic heterocycles. The maximum absolute atomic E-state index is 12.1. The summed E-state index contributed by atoms with van der Waals surface area (Å²) in [5.41, 5.74) is 2.55. The zero-order valence-corrected chi connectivity index (χ0v) is 18.2. The molecule has 1 amide bonds. The molecule has 0 bridgehead atoms. The Balaban J connectivity index is 1.33. The molecule has 0 radical (unpaired) electrons. The first-order valence-electron chi connectivity index (χ1n) is 10.7. The molecule has 158 valence electrons. The van der Waals surface area contributed by atoms with E-state index in [0.29, 0.717) is 11.8 Å². The first-order valence-corrected chi connectivity index (χ1v) is 10.7. The highest BCUT2D eigenvalue weighted by molar-refractivity contribution is 5.77. The van der Waals surface area contributed by atoms with Crippen molar-refractivity contribution in [3.05, 3.63) is 53.0 Å². The fourth-order valence-corrected chi connectivity index (χ4v) is 3.84. The number of nitrogens with one attached hydrogen (secondary N) is 1. The maximum atomic E-state index is 12.1. The summed E-state index contributed by atoms with van der Waals surface area (Å²) in [6.45, 7) is 12.2. The normalized spacial score (nSPS) is 15.6. The molecule has 1 saturated heterocycles. The average molecular weight is 399 g/mol. The number of piperidine rings is 1. The van der Waals surface area contributed by atoms with Crippen LogP contribution in [0.5, 0.6) is 5.75 Å². The molecule has 1 aliphatic rings. The summed E-state index contributed by atoms with van der Waals surface area (Å²) in [6.07, 6.45) is 2.21. The molecule has 0 saturated carbocycles. The van der Waals surface area contributed by atoms with Crippen molar-refractivity contribution in [1.29, 1.82) is 0 Å². The van der Waals surface area contributed by atoms with Crippen LogP contribution in [-0.4, -0.2) is 37.0 Å². The molecular formula is C24H34N2O3. The summed E-state index contributed by atoms with van der Waals surface area (Å²) in [5.74, 6) is 3.72. The van der Waals surface area contributed by atoms with Gasteiger partial charge in [0.05, 0.1) is 0 Å². The maximum Gasteiger partial charge on any atom is 0.257 e. The zero-order chi connectivity index (χ0) is 20.8. The third kappa shape index (κ3) is 6.36. The van der Waals surface area contributed by atoms with Crippen LogP contribution >= 0.6 is 0 Å². The molecule has 3 rings (SSSR count). The van der Waals surface area contributed by atoms with Gasteiger partial charge in [0.15, 0.2) is 6.61 Å². The van der Waals surface area contributed by atoms with Gasteiger partial charge in [-0.1, -0.05) is 26.0 Å². The van der Waals surface area contributed by atoms with E-state index in [1.165, 1.54) is 11.1 Å². The van der Waals surface area contributed by atoms with Gasteiger partial charge in [0.2, 0.25) is 0 Å². The molecule has 2 heterocycles. The minimum absolute atomic E-state index is 0.0511. The summed E-state index contributed by atoms with van der Waals surface area (Å²) >= 11 is 0. The lowest BCUT2D eigenvalue weighted by molar-refractivity contribution is -0.123. The second-order valence-corrected chi connectivity index (χ2v) is 8.47. The van der Waals surface area contributed by atoms with Crippen LogP contribution in [-0.2, 0) is 11.3 Å². The minimum atomic E-state index is -0.0511. The summed E-state index contributed by atoms with van der Waals surface area (Å²) in [5, 5.41) is 3.03. The standard InChI is InChI=1S/C24H34N2O3/c1-17(2)21-5-7-23(8-6-21)28-16-24(27)25-14-20-9-11-26(12-10-20)15-22-13-18(3)29-19(22)4/h5-8,13,17,20H,9-12,14-16H2,1-4H3,(H,25,27). The predicted octanol–water partition coefficient (Wildman–Crippen LogP) is 4.43. The van der Waals surface area contributed by atoms with Gasteiger partial charge in [0.25, 0.3) is 5.91 Å². The molecule has 1 fully saturated rings. The number of amides is 1. The lowest BCUT2D eigenvalue weighted by Gasteiger charge is -2.31. The topological polar surface area (TPSA) is 54.7 Å². The van der Waals surface area contributed by atoms with Crippen LogP contribution in [0.25, 0.3) is 0 Å². The molecule has 1 aromatic carbocycles. The Kier molecular flexibility index (Phi) is 7.37. The number of furan rings is 1. The van der Waals surface area contributed by atoms with E-state index in [-0.39, 0.29) is 12.5 Å². The highest BCUT2D eigenvalue weighted by Gasteiger charge is 2.21. The van der Waals surface area contributed by atoms with Crippen LogP contribution < -0.4 is 10.1 Å². The summed E-state index contributed by atoms with van der Waals surface area (Å²) < 4.78 is 11.2. The number of benzene rings is 1. The van der Waals surface area contributed by atoms with Crippen molar-refractivity contribution in [2.24, 2.45) is 5.92 Å². The Labute approximate surface area is 174 Å². The number of carbonyl (C=O) groups excluding carboxylic acids is 1. The fraction of sp³-hybridized carbons (Fsp3) is 0.542. The summed E-state index contributed by atoms with van der Waals surface area (Å²) in [7, 11) is 0. The molecule has 2 aromatic rings. The van der Waals surface area contributed by atoms with Crippen molar-refractivity contribution in [1.82, 2.24) is 10.2 Å². The van der Waals surface area contributed by atoms with E-state index in [2.05, 4.69) is 42.3 Å². The second kappa shape index (κ2) is 9.97. The van der Waals surface area contributed by atoms with Crippen molar-refractivity contribution < 1.29 is 13.9 Å². The van der Waals surface area contributed by atoms with Gasteiger partial charge in [-0.15, -0.1) is 0 Å². The lowest BCUT2D eigenvalue weighted by atomic mass is 9.96. The van der Waals surface area contributed by atoms with Crippen LogP contribution in [0.2, 0.25) is 0 Å². The number of nitrogens with zero attached hydrogens (tertiary/aromatic N) is 1. The van der Waals surface area contributed by atoms with E-state index >= 15 is 0 Å². The van der Waals surface area contributed by atoms with Crippen LogP contribution in [0.3, 0.4) is 0 Å². The second-order valence-electron chi connectivity index (χ2n) is 8.47. The Hall–Kier alpha value is -2.27. The quantitative estimate of drug-likeness (QED) is 0.715. The van der Waals surface area contributed by atoms with Gasteiger partial charge in [-0.3, -0.25) is 9.69 Å². The Morgan fingerprint density at radius 3 is 2.48 bits per heavy atom. The van der Waals surface area contributed by atoms with E-state index in [0.717, 1.165) is 56.3 Å². The van der Waals surface area contributed by atoms with E-state index in [4.69, 9.17) is 9.15 Å². The minimum Gasteiger partial charge on any atom is -0.484 e. The van der Waals surface area contributed by atoms with E-state index in [1.54, 1.807) is 0 Å². The predicted molar refractivity (Wildman–Crippen MR) is 115 cm³/mol. The number of hydrogen-bond acceptors (Lipinski definition) is 4. The number of rotatable bonds is 8. The van der Waals surface area contributed by atoms with Gasteiger partial charge in [0.1, 0.15) is 17.3 Å². The van der Waals surface area contributed by atoms with E-state index in [9.17, 15) is 4.79 Å². The number of ether oxygens (including phenoxy) is 1. The largest absolute Gasteiger partial charge is 0.484 e. The van der Waals surface area contributed by atoms with E-state index in [1.807, 2.05) is 26.0 Å². The molecular weight excluding hydrogens is 364 g/mol. The molecule has 0 aliphatic carbocycles. The van der Waals surface area contributed by atoms with Crippen molar-refractivity contribution in [2.75, 3.05) is 26.2 Å². The third-order valence-electron chi connectivity index (χ3n) is 5.75. The summed E-state index contributed by atoms with van der Waals surface area (Å²) in [4.78, 5) is 14.6. The van der Waals surface area contributed by atoms with E-state index < -0.39 is 0 Å². The number of aryl methyl sites for hydroxylation is 2. The monoisotopic (exact) mass is 398 g/mol. The molecule has 5 nitrogen and oxygen atoms in total. The average Bonchev–Trinajstić information content (AvgIpc) is 3.02. The Morgan fingerprint density at radius 1 is 1.21 bits per heavy atom. The first-order chi connectivity index (χ1) is 13.9. The Morgan fingerprint density at radius 2 is 1.90 bits per heavy atom. The third-order valence-corrected chi connectivity index (χ3v) is 5.75. The van der Waals surface area contributed by atoms with Crippen LogP contribution in [0.1, 0.15) is 55.3 Å². The van der Waals surface area contributed by atoms with Gasteiger partial charge >= 0.3 is 0 Å². The SMILES string of the molecule is Cc1cc(CN2CCC(CNC(=O)COc3ccc(C(C)C)cc3)CC2)c(C)o1. The summed E-state index contributed by atoms with van der Waals surface area (Å²) in [6, 6.07) is 10.1. The van der Waals surface area contributed by atoms with Crippen LogP contribution in [0.15, 0.2) is 34.7 Å². The Bertz CT molecular complexity index is 787. The van der Waals surface area contributed by atoms with Gasteiger partial charge < -0.3 is 14.5 Å². The van der Waals surface area contributed by atoms with Gasteiger partial charge in [0, 0.05) is 18.7 Å². The van der Waals surface area contributed by atoms with Crippen molar-refractivity contribution in [3.8, 4) is 5.75 Å². The molecule has 1 N–H and O–H groups in total. The van der Waals surface area contributed by atoms with Crippen molar-refractivity contribution in [3.63, 3.8) is 0 Å². The van der Waals surface area contributed by atoms with Crippen molar-refractivity contribution in [2.45, 2.75) is 53.0 Å². The lowest BCUT2D eigenvalue weighted by Crippen LogP contribution is -2.39. The molecule has 1 aliphatic heterocycles. The van der Waals surface area contributed by atoms with Crippen LogP contribution in [0.4, 0.5) is 0 Å². The van der Waals surface area contributed by atoms with Gasteiger partial charge in [-0.2, -0.15) is 0 Å². The highest BCUT2D eigenvalue weighted by atomic mass is 16.5. The van der Waals surface area contributed by atoms with Crippen LogP contribution in [0, 0.1) is 19.8 Å². The van der Waals surface area contributed by atoms with Gasteiger partial charge in [-0.25, -0.2) is 0 Å². The number of hydrogen-bond donors (Lipinski definition) is 1. The zero-order valence-electron chi connectivity index (χ0n) is 18.2. The number of carbonyl (C=O) groups is 1. The molecule has 29 heavy (non-hydrogen) atoms. The fourth-order valence-electron chi connectivity index (χ4n) is 3.84. The smallest absolute Gasteiger partial charge is 0.257 e. The molecule has 0 unspecified atom stereocenters.